The first-order chi connectivity index (χ1) is 15.0. The third kappa shape index (κ3) is 4.51. The Kier molecular flexibility index (Phi) is 6.68. The third-order valence-corrected chi connectivity index (χ3v) is 6.83. The van der Waals surface area contributed by atoms with Crippen LogP contribution in [0.4, 0.5) is 0 Å². The number of piperidine rings is 1. The molecule has 0 radical (unpaired) electrons. The van der Waals surface area contributed by atoms with Gasteiger partial charge in [0.2, 0.25) is 0 Å². The molecule has 1 saturated heterocycles. The van der Waals surface area contributed by atoms with Crippen molar-refractivity contribution in [3.8, 4) is 5.75 Å². The van der Waals surface area contributed by atoms with Gasteiger partial charge in [-0.25, -0.2) is 0 Å². The van der Waals surface area contributed by atoms with Crippen molar-refractivity contribution in [2.75, 3.05) is 19.7 Å². The van der Waals surface area contributed by atoms with Crippen LogP contribution in [0.1, 0.15) is 71.3 Å². The molecule has 5 nitrogen and oxygen atoms in total. The standard InChI is InChI=1S/C26H36N2O3/c1-4-14-31-22-12-10-20(11-13-22)23-24(27-16-18(2)15-19(3)17-27)26(30)28(25(23)29)21-8-6-5-7-9-21/h10-13,18-19,21H,4-9,14-17H2,1-3H3. The number of ether oxygens (including phenoxy) is 1. The maximum absolute atomic E-state index is 13.7. The minimum Gasteiger partial charge on any atom is -0.494 e. The van der Waals surface area contributed by atoms with Gasteiger partial charge < -0.3 is 9.64 Å². The number of likely N-dealkylation sites (tertiary alicyclic amines) is 1. The maximum Gasteiger partial charge on any atom is 0.278 e. The van der Waals surface area contributed by atoms with E-state index in [1.807, 2.05) is 24.3 Å². The van der Waals surface area contributed by atoms with Gasteiger partial charge in [-0.05, 0) is 55.2 Å². The molecule has 2 aliphatic heterocycles. The number of imide groups is 1. The van der Waals surface area contributed by atoms with Crippen LogP contribution in [0.15, 0.2) is 30.0 Å². The smallest absolute Gasteiger partial charge is 0.278 e. The molecule has 2 unspecified atom stereocenters. The molecule has 3 aliphatic rings. The second-order valence-electron chi connectivity index (χ2n) is 9.72. The summed E-state index contributed by atoms with van der Waals surface area (Å²) < 4.78 is 5.72. The van der Waals surface area contributed by atoms with Crippen molar-refractivity contribution in [2.45, 2.75) is 71.8 Å². The van der Waals surface area contributed by atoms with E-state index in [0.29, 0.717) is 29.7 Å². The van der Waals surface area contributed by atoms with Gasteiger partial charge in [-0.3, -0.25) is 14.5 Å². The summed E-state index contributed by atoms with van der Waals surface area (Å²) in [5, 5.41) is 0. The largest absolute Gasteiger partial charge is 0.494 e. The number of amides is 2. The summed E-state index contributed by atoms with van der Waals surface area (Å²) in [5.74, 6) is 1.62. The highest BCUT2D eigenvalue weighted by molar-refractivity contribution is 6.35. The Hall–Kier alpha value is -2.30. The van der Waals surface area contributed by atoms with E-state index in [4.69, 9.17) is 4.74 Å². The molecule has 2 heterocycles. The highest BCUT2D eigenvalue weighted by atomic mass is 16.5. The summed E-state index contributed by atoms with van der Waals surface area (Å²) in [5.41, 5.74) is 2.02. The molecule has 31 heavy (non-hydrogen) atoms. The summed E-state index contributed by atoms with van der Waals surface area (Å²) in [6, 6.07) is 7.74. The second kappa shape index (κ2) is 9.46. The van der Waals surface area contributed by atoms with Gasteiger partial charge in [-0.1, -0.05) is 52.2 Å². The minimum absolute atomic E-state index is 0.0352. The lowest BCUT2D eigenvalue weighted by Crippen LogP contribution is -2.45. The average Bonchev–Trinajstić information content (AvgIpc) is 3.02. The first-order valence-electron chi connectivity index (χ1n) is 12.1. The fourth-order valence-electron chi connectivity index (χ4n) is 5.54. The van der Waals surface area contributed by atoms with Crippen molar-refractivity contribution in [3.63, 3.8) is 0 Å². The van der Waals surface area contributed by atoms with Crippen LogP contribution in [-0.4, -0.2) is 47.4 Å². The Morgan fingerprint density at radius 2 is 1.58 bits per heavy atom. The van der Waals surface area contributed by atoms with Gasteiger partial charge in [-0.15, -0.1) is 0 Å². The first kappa shape index (κ1) is 21.9. The van der Waals surface area contributed by atoms with E-state index >= 15 is 0 Å². The monoisotopic (exact) mass is 424 g/mol. The van der Waals surface area contributed by atoms with Crippen LogP contribution in [0, 0.1) is 11.8 Å². The fraction of sp³-hybridized carbons (Fsp3) is 0.615. The van der Waals surface area contributed by atoms with Gasteiger partial charge in [0.1, 0.15) is 11.4 Å². The Labute approximate surface area is 186 Å². The van der Waals surface area contributed by atoms with Crippen molar-refractivity contribution in [1.82, 2.24) is 9.80 Å². The number of benzene rings is 1. The van der Waals surface area contributed by atoms with Crippen molar-refractivity contribution in [1.29, 1.82) is 0 Å². The molecule has 2 atom stereocenters. The number of carbonyl (C=O) groups excluding carboxylic acids is 2. The molecule has 0 aromatic heterocycles. The highest BCUT2D eigenvalue weighted by Gasteiger charge is 2.45. The van der Waals surface area contributed by atoms with Crippen LogP contribution in [0.3, 0.4) is 0 Å². The van der Waals surface area contributed by atoms with Crippen molar-refractivity contribution < 1.29 is 14.3 Å². The lowest BCUT2D eigenvalue weighted by atomic mass is 9.91. The molecule has 1 aromatic rings. The minimum atomic E-state index is -0.111. The predicted molar refractivity (Wildman–Crippen MR) is 122 cm³/mol. The summed E-state index contributed by atoms with van der Waals surface area (Å²) in [4.78, 5) is 31.2. The number of carbonyl (C=O) groups is 2. The quantitative estimate of drug-likeness (QED) is 0.612. The maximum atomic E-state index is 13.7. The summed E-state index contributed by atoms with van der Waals surface area (Å²) in [7, 11) is 0. The Morgan fingerprint density at radius 3 is 2.19 bits per heavy atom. The topological polar surface area (TPSA) is 49.9 Å². The lowest BCUT2D eigenvalue weighted by Gasteiger charge is -2.37. The van der Waals surface area contributed by atoms with E-state index in [9.17, 15) is 9.59 Å². The number of hydrogen-bond acceptors (Lipinski definition) is 4. The van der Waals surface area contributed by atoms with E-state index in [0.717, 1.165) is 62.9 Å². The van der Waals surface area contributed by atoms with E-state index in [2.05, 4.69) is 25.7 Å². The predicted octanol–water partition coefficient (Wildman–Crippen LogP) is 4.87. The molecular weight excluding hydrogens is 388 g/mol. The fourth-order valence-corrected chi connectivity index (χ4v) is 5.54. The second-order valence-corrected chi connectivity index (χ2v) is 9.72. The van der Waals surface area contributed by atoms with Gasteiger partial charge in [0, 0.05) is 19.1 Å². The zero-order valence-corrected chi connectivity index (χ0v) is 19.2. The van der Waals surface area contributed by atoms with Gasteiger partial charge >= 0.3 is 0 Å². The average molecular weight is 425 g/mol. The molecule has 1 aromatic carbocycles. The summed E-state index contributed by atoms with van der Waals surface area (Å²) >= 11 is 0. The van der Waals surface area contributed by atoms with Gasteiger partial charge in [0.25, 0.3) is 11.8 Å². The van der Waals surface area contributed by atoms with Crippen LogP contribution in [0.2, 0.25) is 0 Å². The van der Waals surface area contributed by atoms with Gasteiger partial charge in [0.05, 0.1) is 12.2 Å². The van der Waals surface area contributed by atoms with Crippen molar-refractivity contribution in [2.24, 2.45) is 11.8 Å². The summed E-state index contributed by atoms with van der Waals surface area (Å²) in [6.07, 6.45) is 7.34. The first-order valence-corrected chi connectivity index (χ1v) is 12.1. The summed E-state index contributed by atoms with van der Waals surface area (Å²) in [6.45, 7) is 8.89. The van der Waals surface area contributed by atoms with Crippen LogP contribution >= 0.6 is 0 Å². The molecular formula is C26H36N2O3. The molecule has 1 saturated carbocycles. The molecule has 0 bridgehead atoms. The molecule has 2 amide bonds. The number of nitrogens with zero attached hydrogens (tertiary/aromatic N) is 2. The highest BCUT2D eigenvalue weighted by Crippen LogP contribution is 2.38. The SMILES string of the molecule is CCCOc1ccc(C2=C(N3CC(C)CC(C)C3)C(=O)N(C3CCCCC3)C2=O)cc1. The molecule has 0 spiro atoms. The normalized spacial score (nSPS) is 25.5. The zero-order chi connectivity index (χ0) is 22.0. The Balaban J connectivity index is 1.71. The molecule has 2 fully saturated rings. The van der Waals surface area contributed by atoms with Crippen molar-refractivity contribution >= 4 is 17.4 Å². The lowest BCUT2D eigenvalue weighted by molar-refractivity contribution is -0.141. The van der Waals surface area contributed by atoms with Crippen LogP contribution < -0.4 is 4.74 Å². The molecule has 5 heteroatoms. The Bertz CT molecular complexity index is 829. The van der Waals surface area contributed by atoms with E-state index in [-0.39, 0.29) is 17.9 Å². The third-order valence-electron chi connectivity index (χ3n) is 6.83. The van der Waals surface area contributed by atoms with Crippen molar-refractivity contribution in [3.05, 3.63) is 35.5 Å². The molecule has 4 rings (SSSR count). The van der Waals surface area contributed by atoms with Crippen LogP contribution in [-0.2, 0) is 9.59 Å². The van der Waals surface area contributed by atoms with Crippen LogP contribution in [0.5, 0.6) is 5.75 Å². The Morgan fingerprint density at radius 1 is 0.935 bits per heavy atom. The van der Waals surface area contributed by atoms with E-state index in [1.165, 1.54) is 6.42 Å². The van der Waals surface area contributed by atoms with Gasteiger partial charge in [-0.2, -0.15) is 0 Å². The molecule has 168 valence electrons. The van der Waals surface area contributed by atoms with Gasteiger partial charge in [0.15, 0.2) is 0 Å². The zero-order valence-electron chi connectivity index (χ0n) is 19.2. The van der Waals surface area contributed by atoms with E-state index < -0.39 is 0 Å². The number of rotatable bonds is 6. The van der Waals surface area contributed by atoms with E-state index in [1.54, 1.807) is 4.90 Å². The molecule has 0 N–H and O–H groups in total. The number of hydrogen-bond donors (Lipinski definition) is 0. The molecule has 1 aliphatic carbocycles. The van der Waals surface area contributed by atoms with Crippen LogP contribution in [0.25, 0.3) is 5.57 Å².